The van der Waals surface area contributed by atoms with Crippen LogP contribution < -0.4 is 5.32 Å². The van der Waals surface area contributed by atoms with E-state index in [9.17, 15) is 22.8 Å². The molecular weight excluding hydrogens is 341 g/mol. The van der Waals surface area contributed by atoms with Crippen LogP contribution in [-0.2, 0) is 15.8 Å². The van der Waals surface area contributed by atoms with E-state index >= 15 is 0 Å². The average Bonchev–Trinajstić information content (AvgIpc) is 2.45. The van der Waals surface area contributed by atoms with Gasteiger partial charge in [-0.25, -0.2) is 0 Å². The number of hydrogen-bond donors (Lipinski definition) is 1. The smallest absolute Gasteiger partial charge is 0.342 e. The molecular formula is C16H17F3N2O2S. The Balaban J connectivity index is 2.22. The lowest BCUT2D eigenvalue weighted by Crippen LogP contribution is -2.30. The van der Waals surface area contributed by atoms with E-state index in [1.807, 2.05) is 13.8 Å². The Labute approximate surface area is 142 Å². The van der Waals surface area contributed by atoms with Crippen molar-refractivity contribution in [1.82, 2.24) is 4.90 Å². The zero-order valence-corrected chi connectivity index (χ0v) is 14.2. The van der Waals surface area contributed by atoms with Gasteiger partial charge in [0.2, 0.25) is 5.91 Å². The number of alkyl halides is 3. The number of anilines is 1. The van der Waals surface area contributed by atoms with Gasteiger partial charge in [0.15, 0.2) is 0 Å². The van der Waals surface area contributed by atoms with Crippen molar-refractivity contribution in [3.05, 3.63) is 34.7 Å². The highest BCUT2D eigenvalue weighted by molar-refractivity contribution is 8.04. The van der Waals surface area contributed by atoms with Crippen LogP contribution in [0.25, 0.3) is 0 Å². The predicted octanol–water partition coefficient (Wildman–Crippen LogP) is 3.75. The van der Waals surface area contributed by atoms with Crippen molar-refractivity contribution in [3.63, 3.8) is 0 Å². The standard InChI is InChI=1S/C16H17F3N2O2S/c1-9(2)8-21(3)14(22)7-13-15(23)20-11-6-10(16(17,18)19)4-5-12(11)24-13/h4-7,9H,8H2,1-3H3,(H,20,23). The van der Waals surface area contributed by atoms with E-state index in [4.69, 9.17) is 0 Å². The molecule has 0 saturated carbocycles. The Morgan fingerprint density at radius 2 is 2.04 bits per heavy atom. The van der Waals surface area contributed by atoms with Crippen molar-refractivity contribution >= 4 is 29.3 Å². The molecule has 130 valence electrons. The molecule has 0 saturated heterocycles. The van der Waals surface area contributed by atoms with Gasteiger partial charge in [-0.1, -0.05) is 25.6 Å². The Bertz CT molecular complexity index is 699. The number of thioether (sulfide) groups is 1. The van der Waals surface area contributed by atoms with E-state index in [0.29, 0.717) is 11.4 Å². The topological polar surface area (TPSA) is 49.4 Å². The molecule has 2 rings (SSSR count). The minimum absolute atomic E-state index is 0.0972. The van der Waals surface area contributed by atoms with Crippen LogP contribution in [0.1, 0.15) is 19.4 Å². The monoisotopic (exact) mass is 358 g/mol. The van der Waals surface area contributed by atoms with Crippen molar-refractivity contribution in [1.29, 1.82) is 0 Å². The zero-order chi connectivity index (χ0) is 18.1. The van der Waals surface area contributed by atoms with Gasteiger partial charge in [0.1, 0.15) is 0 Å². The fraction of sp³-hybridized carbons (Fsp3) is 0.375. The van der Waals surface area contributed by atoms with Crippen LogP contribution in [0.2, 0.25) is 0 Å². The lowest BCUT2D eigenvalue weighted by molar-refractivity contribution is -0.137. The number of carbonyl (C=O) groups excluding carboxylic acids is 2. The van der Waals surface area contributed by atoms with Crippen molar-refractivity contribution in [2.24, 2.45) is 5.92 Å². The molecule has 0 aromatic heterocycles. The van der Waals surface area contributed by atoms with E-state index in [-0.39, 0.29) is 22.4 Å². The average molecular weight is 358 g/mol. The molecule has 0 spiro atoms. The summed E-state index contributed by atoms with van der Waals surface area (Å²) in [4.78, 5) is 26.3. The minimum atomic E-state index is -4.48. The van der Waals surface area contributed by atoms with E-state index in [1.54, 1.807) is 7.05 Å². The van der Waals surface area contributed by atoms with Gasteiger partial charge in [-0.05, 0) is 24.1 Å². The van der Waals surface area contributed by atoms with E-state index in [1.165, 1.54) is 17.0 Å². The molecule has 24 heavy (non-hydrogen) atoms. The highest BCUT2D eigenvalue weighted by Gasteiger charge is 2.32. The summed E-state index contributed by atoms with van der Waals surface area (Å²) < 4.78 is 38.1. The number of nitrogens with one attached hydrogen (secondary N) is 1. The van der Waals surface area contributed by atoms with Gasteiger partial charge >= 0.3 is 6.18 Å². The first-order valence-electron chi connectivity index (χ1n) is 7.25. The maximum absolute atomic E-state index is 12.7. The summed E-state index contributed by atoms with van der Waals surface area (Å²) in [6.07, 6.45) is -3.26. The molecule has 1 N–H and O–H groups in total. The van der Waals surface area contributed by atoms with Crippen molar-refractivity contribution in [2.75, 3.05) is 18.9 Å². The first kappa shape index (κ1) is 18.4. The van der Waals surface area contributed by atoms with Gasteiger partial charge in [-0.2, -0.15) is 13.2 Å². The Kier molecular flexibility index (Phi) is 5.27. The Hall–Kier alpha value is -1.96. The number of nitrogens with zero attached hydrogens (tertiary/aromatic N) is 1. The van der Waals surface area contributed by atoms with Gasteiger partial charge in [-0.15, -0.1) is 0 Å². The fourth-order valence-electron chi connectivity index (χ4n) is 2.20. The molecule has 0 fully saturated rings. The summed E-state index contributed by atoms with van der Waals surface area (Å²) >= 11 is 0.983. The van der Waals surface area contributed by atoms with Crippen LogP contribution in [0.3, 0.4) is 0 Å². The number of likely N-dealkylation sites (N-methyl/N-ethyl adjacent to an activating group) is 1. The SMILES string of the molecule is CC(C)CN(C)C(=O)C=C1Sc2ccc(C(F)(F)F)cc2NC1=O. The maximum Gasteiger partial charge on any atom is 0.416 e. The molecule has 1 heterocycles. The van der Waals surface area contributed by atoms with Crippen LogP contribution in [0.15, 0.2) is 34.1 Å². The van der Waals surface area contributed by atoms with Gasteiger partial charge in [-0.3, -0.25) is 9.59 Å². The third-order valence-corrected chi connectivity index (χ3v) is 4.37. The van der Waals surface area contributed by atoms with Crippen LogP contribution in [0, 0.1) is 5.92 Å². The molecule has 0 radical (unpaired) electrons. The lowest BCUT2D eigenvalue weighted by atomic mass is 10.2. The lowest BCUT2D eigenvalue weighted by Gasteiger charge is -2.21. The van der Waals surface area contributed by atoms with Crippen molar-refractivity contribution in [2.45, 2.75) is 24.9 Å². The summed E-state index contributed by atoms with van der Waals surface area (Å²) in [5.41, 5.74) is -0.734. The largest absolute Gasteiger partial charge is 0.416 e. The van der Waals surface area contributed by atoms with Crippen molar-refractivity contribution in [3.8, 4) is 0 Å². The zero-order valence-electron chi connectivity index (χ0n) is 13.4. The molecule has 0 aliphatic carbocycles. The quantitative estimate of drug-likeness (QED) is 0.838. The summed E-state index contributed by atoms with van der Waals surface area (Å²) in [7, 11) is 1.63. The van der Waals surface area contributed by atoms with Gasteiger partial charge < -0.3 is 10.2 Å². The minimum Gasteiger partial charge on any atom is -0.342 e. The molecule has 2 amide bonds. The summed E-state index contributed by atoms with van der Waals surface area (Å²) in [5.74, 6) is -0.624. The molecule has 0 unspecified atom stereocenters. The molecule has 8 heteroatoms. The second-order valence-corrected chi connectivity index (χ2v) is 6.97. The third-order valence-electron chi connectivity index (χ3n) is 3.27. The van der Waals surface area contributed by atoms with Crippen molar-refractivity contribution < 1.29 is 22.8 Å². The van der Waals surface area contributed by atoms with Gasteiger partial charge in [0, 0.05) is 24.6 Å². The first-order chi connectivity index (χ1) is 11.1. The molecule has 1 aromatic rings. The molecule has 1 aromatic carbocycles. The van der Waals surface area contributed by atoms with E-state index in [2.05, 4.69) is 5.32 Å². The maximum atomic E-state index is 12.7. The van der Waals surface area contributed by atoms with Crippen LogP contribution in [0.5, 0.6) is 0 Å². The van der Waals surface area contributed by atoms with Gasteiger partial charge in [0.25, 0.3) is 5.91 Å². The molecule has 0 bridgehead atoms. The van der Waals surface area contributed by atoms with E-state index in [0.717, 1.165) is 23.9 Å². The number of benzene rings is 1. The number of amides is 2. The van der Waals surface area contributed by atoms with Crippen LogP contribution in [-0.4, -0.2) is 30.3 Å². The number of hydrogen-bond acceptors (Lipinski definition) is 3. The fourth-order valence-corrected chi connectivity index (χ4v) is 3.09. The third kappa shape index (κ3) is 4.31. The Morgan fingerprint density at radius 3 is 2.62 bits per heavy atom. The predicted molar refractivity (Wildman–Crippen MR) is 86.5 cm³/mol. The number of carbonyl (C=O) groups is 2. The molecule has 0 atom stereocenters. The summed E-state index contributed by atoms with van der Waals surface area (Å²) in [6, 6.07) is 3.13. The molecule has 1 aliphatic heterocycles. The number of rotatable bonds is 3. The second-order valence-electron chi connectivity index (χ2n) is 5.89. The Morgan fingerprint density at radius 1 is 1.38 bits per heavy atom. The molecule has 4 nitrogen and oxygen atoms in total. The number of halogens is 3. The highest BCUT2D eigenvalue weighted by atomic mass is 32.2. The van der Waals surface area contributed by atoms with E-state index < -0.39 is 17.6 Å². The second kappa shape index (κ2) is 6.88. The summed E-state index contributed by atoms with van der Waals surface area (Å²) in [5, 5.41) is 2.41. The van der Waals surface area contributed by atoms with Crippen LogP contribution >= 0.6 is 11.8 Å². The first-order valence-corrected chi connectivity index (χ1v) is 8.07. The highest BCUT2D eigenvalue weighted by Crippen LogP contribution is 2.41. The normalized spacial score (nSPS) is 16.1. The molecule has 1 aliphatic rings. The summed E-state index contributed by atoms with van der Waals surface area (Å²) in [6.45, 7) is 4.47. The van der Waals surface area contributed by atoms with Gasteiger partial charge in [0.05, 0.1) is 16.2 Å². The van der Waals surface area contributed by atoms with Crippen LogP contribution in [0.4, 0.5) is 18.9 Å². The number of fused-ring (bicyclic) bond motifs is 1.